The van der Waals surface area contributed by atoms with Gasteiger partial charge in [0.25, 0.3) is 0 Å². The number of benzene rings is 2. The molecule has 146 valence electrons. The summed E-state index contributed by atoms with van der Waals surface area (Å²) in [6, 6.07) is 22.0. The standard InChI is InChI=1S/C24H33NO2/c1-19-10-9-11-20(2)25(19)16-23(26)17-27-18-24(21-12-5-3-6-13-21)22-14-7-4-8-15-22/h3-8,12-15,19-20,23-24,26H,9-11,16-18H2,1-2H3/t19-,20-,23-/m0/s1. The fourth-order valence-corrected chi connectivity index (χ4v) is 4.21. The van der Waals surface area contributed by atoms with E-state index < -0.39 is 6.10 Å². The van der Waals surface area contributed by atoms with Gasteiger partial charge in [0.15, 0.2) is 0 Å². The molecule has 3 heteroatoms. The van der Waals surface area contributed by atoms with E-state index in [1.54, 1.807) is 0 Å². The van der Waals surface area contributed by atoms with Crippen LogP contribution in [-0.2, 0) is 4.74 Å². The zero-order valence-corrected chi connectivity index (χ0v) is 16.6. The Balaban J connectivity index is 1.56. The van der Waals surface area contributed by atoms with Gasteiger partial charge < -0.3 is 9.84 Å². The van der Waals surface area contributed by atoms with Crippen molar-refractivity contribution in [3.63, 3.8) is 0 Å². The minimum Gasteiger partial charge on any atom is -0.389 e. The second-order valence-corrected chi connectivity index (χ2v) is 7.89. The molecule has 1 aliphatic rings. The summed E-state index contributed by atoms with van der Waals surface area (Å²) in [6.07, 6.45) is 3.30. The number of aliphatic hydroxyl groups is 1. The van der Waals surface area contributed by atoms with E-state index in [2.05, 4.69) is 67.3 Å². The molecular formula is C24H33NO2. The van der Waals surface area contributed by atoms with Crippen LogP contribution in [0.4, 0.5) is 0 Å². The summed E-state index contributed by atoms with van der Waals surface area (Å²) in [5.74, 6) is 0.187. The van der Waals surface area contributed by atoms with E-state index in [1.165, 1.54) is 30.4 Å². The summed E-state index contributed by atoms with van der Waals surface area (Å²) in [5, 5.41) is 10.5. The molecule has 0 amide bonds. The first-order valence-corrected chi connectivity index (χ1v) is 10.3. The first-order chi connectivity index (χ1) is 13.1. The number of piperidine rings is 1. The summed E-state index contributed by atoms with van der Waals surface area (Å²) in [7, 11) is 0. The molecule has 1 saturated heterocycles. The largest absolute Gasteiger partial charge is 0.389 e. The molecule has 2 aromatic carbocycles. The number of rotatable bonds is 8. The zero-order chi connectivity index (χ0) is 19.1. The molecule has 0 saturated carbocycles. The normalized spacial score (nSPS) is 22.1. The molecule has 2 aromatic rings. The maximum atomic E-state index is 10.5. The predicted molar refractivity (Wildman–Crippen MR) is 111 cm³/mol. The second kappa shape index (κ2) is 10.0. The third kappa shape index (κ3) is 5.65. The van der Waals surface area contributed by atoms with E-state index in [9.17, 15) is 5.11 Å². The summed E-state index contributed by atoms with van der Waals surface area (Å²) < 4.78 is 6.00. The van der Waals surface area contributed by atoms with Gasteiger partial charge in [-0.3, -0.25) is 4.90 Å². The van der Waals surface area contributed by atoms with Gasteiger partial charge in [-0.25, -0.2) is 0 Å². The minimum atomic E-state index is -0.444. The molecule has 1 heterocycles. The summed E-state index contributed by atoms with van der Waals surface area (Å²) in [4.78, 5) is 2.43. The summed E-state index contributed by atoms with van der Waals surface area (Å²) in [6.45, 7) is 6.19. The van der Waals surface area contributed by atoms with Crippen molar-refractivity contribution in [3.8, 4) is 0 Å². The molecule has 1 fully saturated rings. The topological polar surface area (TPSA) is 32.7 Å². The Hall–Kier alpha value is -1.68. The van der Waals surface area contributed by atoms with Crippen LogP contribution in [0.25, 0.3) is 0 Å². The van der Waals surface area contributed by atoms with Crippen molar-refractivity contribution in [1.82, 2.24) is 4.90 Å². The lowest BCUT2D eigenvalue weighted by atomic mass is 9.92. The van der Waals surface area contributed by atoms with Crippen molar-refractivity contribution >= 4 is 0 Å². The van der Waals surface area contributed by atoms with Crippen LogP contribution >= 0.6 is 0 Å². The average molecular weight is 368 g/mol. The minimum absolute atomic E-state index is 0.187. The highest BCUT2D eigenvalue weighted by atomic mass is 16.5. The lowest BCUT2D eigenvalue weighted by Gasteiger charge is -2.40. The van der Waals surface area contributed by atoms with E-state index in [1.807, 2.05) is 12.1 Å². The molecule has 3 rings (SSSR count). The molecule has 0 radical (unpaired) electrons. The van der Waals surface area contributed by atoms with Crippen LogP contribution in [0.5, 0.6) is 0 Å². The fourth-order valence-electron chi connectivity index (χ4n) is 4.21. The molecule has 3 nitrogen and oxygen atoms in total. The Kier molecular flexibility index (Phi) is 7.45. The number of hydrogen-bond acceptors (Lipinski definition) is 3. The molecule has 1 N–H and O–H groups in total. The Bertz CT molecular complexity index is 611. The van der Waals surface area contributed by atoms with Crippen molar-refractivity contribution in [3.05, 3.63) is 71.8 Å². The van der Waals surface area contributed by atoms with Crippen LogP contribution in [0.3, 0.4) is 0 Å². The van der Waals surface area contributed by atoms with Crippen LogP contribution in [0.15, 0.2) is 60.7 Å². The Labute approximate surface area is 164 Å². The van der Waals surface area contributed by atoms with Crippen LogP contribution in [0.1, 0.15) is 50.2 Å². The van der Waals surface area contributed by atoms with Crippen molar-refractivity contribution in [2.75, 3.05) is 19.8 Å². The van der Waals surface area contributed by atoms with Crippen LogP contribution in [0.2, 0.25) is 0 Å². The first kappa shape index (κ1) is 20.1. The first-order valence-electron chi connectivity index (χ1n) is 10.3. The number of likely N-dealkylation sites (tertiary alicyclic amines) is 1. The van der Waals surface area contributed by atoms with E-state index in [-0.39, 0.29) is 5.92 Å². The van der Waals surface area contributed by atoms with Crippen LogP contribution in [-0.4, -0.2) is 48.0 Å². The van der Waals surface area contributed by atoms with E-state index in [4.69, 9.17) is 4.74 Å². The van der Waals surface area contributed by atoms with Gasteiger partial charge >= 0.3 is 0 Å². The fraction of sp³-hybridized carbons (Fsp3) is 0.500. The monoisotopic (exact) mass is 367 g/mol. The molecule has 0 bridgehead atoms. The molecule has 0 unspecified atom stereocenters. The lowest BCUT2D eigenvalue weighted by Crippen LogP contribution is -2.48. The van der Waals surface area contributed by atoms with Gasteiger partial charge in [0.1, 0.15) is 0 Å². The van der Waals surface area contributed by atoms with Crippen molar-refractivity contribution < 1.29 is 9.84 Å². The van der Waals surface area contributed by atoms with Gasteiger partial charge in [-0.2, -0.15) is 0 Å². The van der Waals surface area contributed by atoms with Crippen molar-refractivity contribution in [2.24, 2.45) is 0 Å². The second-order valence-electron chi connectivity index (χ2n) is 7.89. The van der Waals surface area contributed by atoms with Crippen LogP contribution in [0, 0.1) is 0 Å². The Morgan fingerprint density at radius 1 is 0.889 bits per heavy atom. The average Bonchev–Trinajstić information content (AvgIpc) is 2.69. The van der Waals surface area contributed by atoms with E-state index >= 15 is 0 Å². The molecular weight excluding hydrogens is 334 g/mol. The van der Waals surface area contributed by atoms with E-state index in [0.29, 0.717) is 31.8 Å². The number of aliphatic hydroxyl groups excluding tert-OH is 1. The van der Waals surface area contributed by atoms with Crippen molar-refractivity contribution in [2.45, 2.75) is 57.2 Å². The highest BCUT2D eigenvalue weighted by Crippen LogP contribution is 2.25. The SMILES string of the molecule is C[C@H]1CCC[C@H](C)N1C[C@H](O)COCC(c1ccccc1)c1ccccc1. The summed E-state index contributed by atoms with van der Waals surface area (Å²) in [5.41, 5.74) is 2.49. The van der Waals surface area contributed by atoms with Gasteiger partial charge in [0, 0.05) is 24.5 Å². The molecule has 3 atom stereocenters. The quantitative estimate of drug-likeness (QED) is 0.748. The maximum absolute atomic E-state index is 10.5. The summed E-state index contributed by atoms with van der Waals surface area (Å²) >= 11 is 0. The zero-order valence-electron chi connectivity index (χ0n) is 16.6. The van der Waals surface area contributed by atoms with Crippen LogP contribution < -0.4 is 0 Å². The number of hydrogen-bond donors (Lipinski definition) is 1. The van der Waals surface area contributed by atoms with Gasteiger partial charge in [0.05, 0.1) is 19.3 Å². The third-order valence-corrected chi connectivity index (χ3v) is 5.80. The van der Waals surface area contributed by atoms with Gasteiger partial charge in [0.2, 0.25) is 0 Å². The lowest BCUT2D eigenvalue weighted by molar-refractivity contribution is -0.0103. The Morgan fingerprint density at radius 3 is 1.93 bits per heavy atom. The number of ether oxygens (including phenoxy) is 1. The third-order valence-electron chi connectivity index (χ3n) is 5.80. The molecule has 0 aromatic heterocycles. The van der Waals surface area contributed by atoms with Gasteiger partial charge in [-0.15, -0.1) is 0 Å². The van der Waals surface area contributed by atoms with Crippen molar-refractivity contribution in [1.29, 1.82) is 0 Å². The highest BCUT2D eigenvalue weighted by Gasteiger charge is 2.26. The molecule has 1 aliphatic heterocycles. The smallest absolute Gasteiger partial charge is 0.0900 e. The predicted octanol–water partition coefficient (Wildman–Crippen LogP) is 4.46. The maximum Gasteiger partial charge on any atom is 0.0900 e. The van der Waals surface area contributed by atoms with E-state index in [0.717, 1.165) is 0 Å². The molecule has 27 heavy (non-hydrogen) atoms. The Morgan fingerprint density at radius 2 is 1.41 bits per heavy atom. The van der Waals surface area contributed by atoms with Gasteiger partial charge in [-0.1, -0.05) is 67.1 Å². The molecule has 0 aliphatic carbocycles. The number of nitrogens with zero attached hydrogens (tertiary/aromatic N) is 1. The number of β-amino-alcohol motifs (C(OH)–C–C–N with tert-alkyl or cyclic N) is 1. The molecule has 0 spiro atoms. The van der Waals surface area contributed by atoms with Gasteiger partial charge in [-0.05, 0) is 37.8 Å². The highest BCUT2D eigenvalue weighted by molar-refractivity contribution is 5.32.